The van der Waals surface area contributed by atoms with Crippen LogP contribution >= 0.6 is 0 Å². The van der Waals surface area contributed by atoms with Crippen LogP contribution in [0.2, 0.25) is 0 Å². The monoisotopic (exact) mass is 261 g/mol. The van der Waals surface area contributed by atoms with E-state index in [1.807, 2.05) is 0 Å². The summed E-state index contributed by atoms with van der Waals surface area (Å²) in [5.41, 5.74) is -1.23. The fourth-order valence-electron chi connectivity index (χ4n) is 1.60. The molecule has 0 saturated heterocycles. The van der Waals surface area contributed by atoms with Crippen molar-refractivity contribution in [3.63, 3.8) is 0 Å². The molecule has 2 aromatic rings. The second-order valence-corrected chi connectivity index (χ2v) is 3.76. The molecule has 0 spiro atoms. The van der Waals surface area contributed by atoms with Gasteiger partial charge in [0, 0.05) is 10.9 Å². The van der Waals surface area contributed by atoms with Crippen LogP contribution < -0.4 is 0 Å². The summed E-state index contributed by atoms with van der Waals surface area (Å²) in [4.78, 5) is 0. The van der Waals surface area contributed by atoms with Crippen molar-refractivity contribution in [2.75, 3.05) is 0 Å². The average molecular weight is 261 g/mol. The van der Waals surface area contributed by atoms with E-state index in [1.54, 1.807) is 0 Å². The lowest BCUT2D eigenvalue weighted by molar-refractivity contribution is -0.289. The molecular formula is C12H6F5O. The van der Waals surface area contributed by atoms with E-state index in [9.17, 15) is 27.1 Å². The fourth-order valence-corrected chi connectivity index (χ4v) is 1.60. The number of fused-ring (bicyclic) bond motifs is 1. The second-order valence-electron chi connectivity index (χ2n) is 3.76. The van der Waals surface area contributed by atoms with E-state index in [1.165, 1.54) is 12.1 Å². The summed E-state index contributed by atoms with van der Waals surface area (Å²) in [6, 6.07) is 6.32. The van der Waals surface area contributed by atoms with Crippen molar-refractivity contribution < 1.29 is 27.1 Å². The molecule has 0 N–H and O–H groups in total. The molecule has 0 aliphatic rings. The first-order valence-corrected chi connectivity index (χ1v) is 4.88. The zero-order valence-electron chi connectivity index (χ0n) is 8.76. The number of rotatable bonds is 1. The van der Waals surface area contributed by atoms with Crippen molar-refractivity contribution in [2.24, 2.45) is 0 Å². The highest BCUT2D eigenvalue weighted by Gasteiger charge is 2.58. The number of halogens is 5. The first kappa shape index (κ1) is 12.6. The van der Waals surface area contributed by atoms with Gasteiger partial charge in [0.2, 0.25) is 0 Å². The standard InChI is InChI=1S/C12H6F5O/c13-11(14,12(15,16)17)8-5-4-7-2-1-3-10(18)9(7)6-8/h1-6H. The highest BCUT2D eigenvalue weighted by molar-refractivity contribution is 5.88. The van der Waals surface area contributed by atoms with E-state index in [2.05, 4.69) is 0 Å². The summed E-state index contributed by atoms with van der Waals surface area (Å²) in [5.74, 6) is -5.56. The van der Waals surface area contributed by atoms with Gasteiger partial charge in [-0.2, -0.15) is 22.0 Å². The van der Waals surface area contributed by atoms with Gasteiger partial charge in [-0.3, -0.25) is 5.11 Å². The van der Waals surface area contributed by atoms with Crippen LogP contribution in [0.3, 0.4) is 0 Å². The summed E-state index contributed by atoms with van der Waals surface area (Å²) < 4.78 is 62.8. The van der Waals surface area contributed by atoms with Gasteiger partial charge in [0.1, 0.15) is 0 Å². The molecule has 6 heteroatoms. The summed E-state index contributed by atoms with van der Waals surface area (Å²) in [6.07, 6.45) is -5.68. The molecule has 0 fully saturated rings. The van der Waals surface area contributed by atoms with E-state index in [4.69, 9.17) is 0 Å². The van der Waals surface area contributed by atoms with E-state index < -0.39 is 23.4 Å². The van der Waals surface area contributed by atoms with Crippen LogP contribution in [0.4, 0.5) is 22.0 Å². The lowest BCUT2D eigenvalue weighted by Crippen LogP contribution is -2.33. The predicted molar refractivity (Wildman–Crippen MR) is 54.0 cm³/mol. The Morgan fingerprint density at radius 2 is 1.56 bits per heavy atom. The molecule has 0 atom stereocenters. The summed E-state index contributed by atoms with van der Waals surface area (Å²) in [7, 11) is 0. The van der Waals surface area contributed by atoms with E-state index in [-0.39, 0.29) is 5.39 Å². The molecule has 0 saturated carbocycles. The zero-order valence-corrected chi connectivity index (χ0v) is 8.76. The summed E-state index contributed by atoms with van der Waals surface area (Å²) in [5, 5.41) is 11.6. The Labute approximate surface area is 98.5 Å². The van der Waals surface area contributed by atoms with Crippen LogP contribution in [0.25, 0.3) is 10.8 Å². The maximum Gasteiger partial charge on any atom is 0.458 e. The molecule has 2 aromatic carbocycles. The maximum absolute atomic E-state index is 13.1. The molecule has 95 valence electrons. The van der Waals surface area contributed by atoms with Gasteiger partial charge in [0.05, 0.1) is 0 Å². The van der Waals surface area contributed by atoms with E-state index in [0.717, 1.165) is 12.1 Å². The zero-order chi connectivity index (χ0) is 13.6. The highest BCUT2D eigenvalue weighted by atomic mass is 19.4. The van der Waals surface area contributed by atoms with Gasteiger partial charge in [-0.05, 0) is 17.5 Å². The normalized spacial score (nSPS) is 12.9. The van der Waals surface area contributed by atoms with Gasteiger partial charge in [0.15, 0.2) is 5.75 Å². The molecular weight excluding hydrogens is 255 g/mol. The third kappa shape index (κ3) is 1.87. The van der Waals surface area contributed by atoms with Gasteiger partial charge in [-0.25, -0.2) is 0 Å². The first-order chi connectivity index (χ1) is 8.23. The molecule has 1 radical (unpaired) electrons. The number of benzene rings is 2. The minimum Gasteiger partial charge on any atom is -0.289 e. The Bertz CT molecular complexity index is 589. The van der Waals surface area contributed by atoms with Crippen LogP contribution in [0, 0.1) is 0 Å². The SMILES string of the molecule is [O]c1cccc2ccc(C(F)(F)C(F)(F)F)cc12. The smallest absolute Gasteiger partial charge is 0.289 e. The lowest BCUT2D eigenvalue weighted by Gasteiger charge is -2.20. The highest BCUT2D eigenvalue weighted by Crippen LogP contribution is 2.44. The minimum absolute atomic E-state index is 0.154. The van der Waals surface area contributed by atoms with Crippen LogP contribution in [0.5, 0.6) is 5.75 Å². The molecule has 0 aromatic heterocycles. The molecule has 0 aliphatic carbocycles. The van der Waals surface area contributed by atoms with Crippen molar-refractivity contribution in [3.8, 4) is 5.75 Å². The molecule has 0 heterocycles. The Morgan fingerprint density at radius 3 is 2.17 bits per heavy atom. The molecule has 0 aliphatic heterocycles. The fraction of sp³-hybridized carbons (Fsp3) is 0.167. The van der Waals surface area contributed by atoms with Gasteiger partial charge >= 0.3 is 12.1 Å². The Morgan fingerprint density at radius 1 is 0.889 bits per heavy atom. The lowest BCUT2D eigenvalue weighted by atomic mass is 10.0. The van der Waals surface area contributed by atoms with Crippen molar-refractivity contribution >= 4 is 10.8 Å². The maximum atomic E-state index is 13.1. The summed E-state index contributed by atoms with van der Waals surface area (Å²) >= 11 is 0. The third-order valence-electron chi connectivity index (χ3n) is 2.56. The number of hydrogen-bond donors (Lipinski definition) is 0. The largest absolute Gasteiger partial charge is 0.458 e. The van der Waals surface area contributed by atoms with Gasteiger partial charge in [-0.1, -0.05) is 24.3 Å². The van der Waals surface area contributed by atoms with Gasteiger partial charge in [-0.15, -0.1) is 0 Å². The molecule has 0 amide bonds. The summed E-state index contributed by atoms with van der Waals surface area (Å²) in [6.45, 7) is 0. The first-order valence-electron chi connectivity index (χ1n) is 4.88. The van der Waals surface area contributed by atoms with Gasteiger partial charge in [0.25, 0.3) is 0 Å². The minimum atomic E-state index is -5.68. The average Bonchev–Trinajstić information content (AvgIpc) is 2.27. The van der Waals surface area contributed by atoms with Crippen molar-refractivity contribution in [1.29, 1.82) is 0 Å². The van der Waals surface area contributed by atoms with Crippen LogP contribution in [0.15, 0.2) is 36.4 Å². The number of alkyl halides is 5. The van der Waals surface area contributed by atoms with Gasteiger partial charge < -0.3 is 0 Å². The van der Waals surface area contributed by atoms with Crippen LogP contribution in [0.1, 0.15) is 5.56 Å². The third-order valence-corrected chi connectivity index (χ3v) is 2.56. The topological polar surface area (TPSA) is 19.9 Å². The van der Waals surface area contributed by atoms with Crippen LogP contribution in [-0.4, -0.2) is 6.18 Å². The predicted octanol–water partition coefficient (Wildman–Crippen LogP) is 4.64. The molecule has 2 rings (SSSR count). The molecule has 0 bridgehead atoms. The Kier molecular flexibility index (Phi) is 2.68. The van der Waals surface area contributed by atoms with Crippen molar-refractivity contribution in [2.45, 2.75) is 12.1 Å². The Balaban J connectivity index is 2.64. The number of hydrogen-bond acceptors (Lipinski definition) is 0. The second kappa shape index (κ2) is 3.83. The van der Waals surface area contributed by atoms with Crippen molar-refractivity contribution in [1.82, 2.24) is 0 Å². The molecule has 0 unspecified atom stereocenters. The molecule has 18 heavy (non-hydrogen) atoms. The quantitative estimate of drug-likeness (QED) is 0.666. The van der Waals surface area contributed by atoms with Crippen LogP contribution in [-0.2, 0) is 11.0 Å². The Hall–Kier alpha value is -1.85. The van der Waals surface area contributed by atoms with Crippen molar-refractivity contribution in [3.05, 3.63) is 42.0 Å². The van der Waals surface area contributed by atoms with E-state index in [0.29, 0.717) is 17.5 Å². The molecule has 1 nitrogen and oxygen atoms in total. The van der Waals surface area contributed by atoms with E-state index >= 15 is 0 Å².